The number of aryl methyl sites for hydroxylation is 1. The molecule has 148 valence electrons. The van der Waals surface area contributed by atoms with E-state index in [0.717, 1.165) is 16.2 Å². The van der Waals surface area contributed by atoms with Gasteiger partial charge in [-0.05, 0) is 64.7 Å². The van der Waals surface area contributed by atoms with Crippen molar-refractivity contribution in [3.05, 3.63) is 114 Å². The van der Waals surface area contributed by atoms with Crippen molar-refractivity contribution in [1.82, 2.24) is 4.57 Å². The van der Waals surface area contributed by atoms with Crippen LogP contribution in [-0.2, 0) is 0 Å². The third-order valence-electron chi connectivity index (χ3n) is 6.19. The third-order valence-corrected chi connectivity index (χ3v) is 6.42. The summed E-state index contributed by atoms with van der Waals surface area (Å²) in [6, 6.07) is 36.6. The van der Waals surface area contributed by atoms with Crippen LogP contribution in [0.25, 0.3) is 49.4 Å². The number of rotatable bonds is 2. The van der Waals surface area contributed by atoms with Gasteiger partial charge in [-0.25, -0.2) is 0 Å². The second-order valence-electron chi connectivity index (χ2n) is 8.04. The Kier molecular flexibility index (Phi) is 4.12. The lowest BCUT2D eigenvalue weighted by atomic mass is 9.94. The van der Waals surface area contributed by atoms with Gasteiger partial charge in [-0.3, -0.25) is 0 Å². The van der Waals surface area contributed by atoms with Crippen LogP contribution in [0.3, 0.4) is 0 Å². The number of aromatic nitrogens is 1. The Bertz CT molecular complexity index is 1590. The Labute approximate surface area is 186 Å². The SMILES string of the molecule is Cc1ccc2ccccc2c1-c1ccc(-n2c3ccccc3c3ccc(Cl)cc32)cc1. The van der Waals surface area contributed by atoms with Crippen LogP contribution in [0.2, 0.25) is 5.02 Å². The molecular weight excluding hydrogens is 398 g/mol. The maximum absolute atomic E-state index is 6.37. The zero-order chi connectivity index (χ0) is 20.9. The van der Waals surface area contributed by atoms with Gasteiger partial charge in [0.1, 0.15) is 0 Å². The van der Waals surface area contributed by atoms with Crippen molar-refractivity contribution < 1.29 is 0 Å². The number of benzene rings is 5. The van der Waals surface area contributed by atoms with Crippen LogP contribution in [0.15, 0.2) is 103 Å². The van der Waals surface area contributed by atoms with Crippen LogP contribution in [0.1, 0.15) is 5.56 Å². The van der Waals surface area contributed by atoms with Gasteiger partial charge in [-0.2, -0.15) is 0 Å². The fourth-order valence-electron chi connectivity index (χ4n) is 4.76. The zero-order valence-electron chi connectivity index (χ0n) is 17.1. The molecule has 0 unspecified atom stereocenters. The summed E-state index contributed by atoms with van der Waals surface area (Å²) < 4.78 is 2.30. The van der Waals surface area contributed by atoms with Crippen molar-refractivity contribution in [3.8, 4) is 16.8 Å². The number of nitrogens with zero attached hydrogens (tertiary/aromatic N) is 1. The molecule has 0 atom stereocenters. The van der Waals surface area contributed by atoms with Crippen molar-refractivity contribution >= 4 is 44.2 Å². The van der Waals surface area contributed by atoms with Crippen LogP contribution in [0.4, 0.5) is 0 Å². The fourth-order valence-corrected chi connectivity index (χ4v) is 4.93. The first-order valence-electron chi connectivity index (χ1n) is 10.5. The molecule has 0 amide bonds. The summed E-state index contributed by atoms with van der Waals surface area (Å²) in [4.78, 5) is 0. The van der Waals surface area contributed by atoms with Gasteiger partial charge in [-0.1, -0.05) is 84.4 Å². The Hall–Kier alpha value is -3.55. The standard InChI is InChI=1S/C29H20ClN/c1-19-10-11-20-6-2-3-7-24(20)29(19)21-12-15-23(16-13-21)31-27-9-5-4-8-25(27)26-17-14-22(30)18-28(26)31/h2-18H,1H3. The first-order chi connectivity index (χ1) is 15.2. The molecule has 1 aromatic heterocycles. The molecule has 2 heteroatoms. The van der Waals surface area contributed by atoms with Crippen LogP contribution in [0.5, 0.6) is 0 Å². The summed E-state index contributed by atoms with van der Waals surface area (Å²) >= 11 is 6.37. The molecule has 5 aromatic carbocycles. The highest BCUT2D eigenvalue weighted by Gasteiger charge is 2.13. The summed E-state index contributed by atoms with van der Waals surface area (Å²) in [6.45, 7) is 2.19. The van der Waals surface area contributed by atoms with Crippen molar-refractivity contribution in [1.29, 1.82) is 0 Å². The van der Waals surface area contributed by atoms with Gasteiger partial charge in [0.25, 0.3) is 0 Å². The van der Waals surface area contributed by atoms with Crippen molar-refractivity contribution in [3.63, 3.8) is 0 Å². The van der Waals surface area contributed by atoms with Crippen LogP contribution < -0.4 is 0 Å². The molecule has 0 aliphatic heterocycles. The topological polar surface area (TPSA) is 4.93 Å². The van der Waals surface area contributed by atoms with Crippen molar-refractivity contribution in [2.75, 3.05) is 0 Å². The summed E-state index contributed by atoms with van der Waals surface area (Å²) in [6.07, 6.45) is 0. The number of hydrogen-bond donors (Lipinski definition) is 0. The Morgan fingerprint density at radius 2 is 1.32 bits per heavy atom. The molecule has 0 saturated heterocycles. The zero-order valence-corrected chi connectivity index (χ0v) is 17.9. The Morgan fingerprint density at radius 3 is 2.16 bits per heavy atom. The first kappa shape index (κ1) is 18.2. The van der Waals surface area contributed by atoms with Crippen LogP contribution in [-0.4, -0.2) is 4.57 Å². The summed E-state index contributed by atoms with van der Waals surface area (Å²) in [5.74, 6) is 0. The van der Waals surface area contributed by atoms with E-state index >= 15 is 0 Å². The summed E-state index contributed by atoms with van der Waals surface area (Å²) in [7, 11) is 0. The maximum Gasteiger partial charge on any atom is 0.0555 e. The van der Waals surface area contributed by atoms with Gasteiger partial charge < -0.3 is 4.57 Å². The Balaban J connectivity index is 1.57. The van der Waals surface area contributed by atoms with E-state index in [-0.39, 0.29) is 0 Å². The third kappa shape index (κ3) is 2.85. The highest BCUT2D eigenvalue weighted by Crippen LogP contribution is 2.36. The lowest BCUT2D eigenvalue weighted by molar-refractivity contribution is 1.18. The van der Waals surface area contributed by atoms with E-state index in [1.165, 1.54) is 43.8 Å². The van der Waals surface area contributed by atoms with E-state index in [4.69, 9.17) is 11.6 Å². The molecule has 1 heterocycles. The molecule has 6 aromatic rings. The van der Waals surface area contributed by atoms with E-state index in [0.29, 0.717) is 0 Å². The first-order valence-corrected chi connectivity index (χ1v) is 10.9. The quantitative estimate of drug-likeness (QED) is 0.266. The average Bonchev–Trinajstić information content (AvgIpc) is 3.12. The van der Waals surface area contributed by atoms with Crippen molar-refractivity contribution in [2.24, 2.45) is 0 Å². The molecule has 1 nitrogen and oxygen atoms in total. The highest BCUT2D eigenvalue weighted by atomic mass is 35.5. The fraction of sp³-hybridized carbons (Fsp3) is 0.0345. The predicted octanol–water partition coefficient (Wildman–Crippen LogP) is 8.57. The molecule has 0 N–H and O–H groups in total. The number of fused-ring (bicyclic) bond motifs is 4. The maximum atomic E-state index is 6.37. The smallest absolute Gasteiger partial charge is 0.0555 e. The molecule has 0 bridgehead atoms. The van der Waals surface area contributed by atoms with E-state index in [1.54, 1.807) is 0 Å². The van der Waals surface area contributed by atoms with Gasteiger partial charge in [0.05, 0.1) is 11.0 Å². The molecule has 0 radical (unpaired) electrons. The van der Waals surface area contributed by atoms with Gasteiger partial charge in [0.2, 0.25) is 0 Å². The number of halogens is 1. The monoisotopic (exact) mass is 417 g/mol. The predicted molar refractivity (Wildman–Crippen MR) is 133 cm³/mol. The van der Waals surface area contributed by atoms with E-state index in [9.17, 15) is 0 Å². The normalized spacial score (nSPS) is 11.5. The van der Waals surface area contributed by atoms with E-state index < -0.39 is 0 Å². The number of para-hydroxylation sites is 1. The second kappa shape index (κ2) is 7.01. The van der Waals surface area contributed by atoms with Gasteiger partial charge in [0.15, 0.2) is 0 Å². The number of hydrogen-bond acceptors (Lipinski definition) is 0. The molecule has 0 saturated carbocycles. The molecule has 0 aliphatic rings. The Morgan fingerprint density at radius 1 is 0.613 bits per heavy atom. The minimum Gasteiger partial charge on any atom is -0.309 e. The van der Waals surface area contributed by atoms with Crippen LogP contribution >= 0.6 is 11.6 Å². The minimum atomic E-state index is 0.750. The lowest BCUT2D eigenvalue weighted by Crippen LogP contribution is -1.94. The highest BCUT2D eigenvalue weighted by molar-refractivity contribution is 6.31. The lowest BCUT2D eigenvalue weighted by Gasteiger charge is -2.13. The summed E-state index contributed by atoms with van der Waals surface area (Å²) in [5, 5.41) is 5.76. The molecule has 31 heavy (non-hydrogen) atoms. The van der Waals surface area contributed by atoms with Gasteiger partial charge in [0, 0.05) is 21.5 Å². The minimum absolute atomic E-state index is 0.750. The van der Waals surface area contributed by atoms with Gasteiger partial charge in [-0.15, -0.1) is 0 Å². The molecule has 0 fully saturated rings. The van der Waals surface area contributed by atoms with Crippen LogP contribution in [0, 0.1) is 6.92 Å². The largest absolute Gasteiger partial charge is 0.309 e. The second-order valence-corrected chi connectivity index (χ2v) is 8.48. The molecule has 0 aliphatic carbocycles. The van der Waals surface area contributed by atoms with Crippen molar-refractivity contribution in [2.45, 2.75) is 6.92 Å². The van der Waals surface area contributed by atoms with Gasteiger partial charge >= 0.3 is 0 Å². The molecule has 0 spiro atoms. The van der Waals surface area contributed by atoms with E-state index in [1.807, 2.05) is 6.07 Å². The molecular formula is C29H20ClN. The molecule has 6 rings (SSSR count). The average molecular weight is 418 g/mol. The summed E-state index contributed by atoms with van der Waals surface area (Å²) in [5.41, 5.74) is 7.27. The van der Waals surface area contributed by atoms with E-state index in [2.05, 4.69) is 109 Å².